The zero-order valence-electron chi connectivity index (χ0n) is 9.66. The summed E-state index contributed by atoms with van der Waals surface area (Å²) in [7, 11) is 0. The number of hydrogen-bond donors (Lipinski definition) is 0. The second-order valence-corrected chi connectivity index (χ2v) is 3.68. The van der Waals surface area contributed by atoms with Crippen LogP contribution in [0.3, 0.4) is 0 Å². The first-order chi connectivity index (χ1) is 8.06. The lowest BCUT2D eigenvalue weighted by Crippen LogP contribution is -2.10. The van der Waals surface area contributed by atoms with E-state index in [1.165, 1.54) is 12.1 Å². The molecule has 1 aromatic rings. The number of carbonyl (C=O) groups excluding carboxylic acids is 2. The van der Waals surface area contributed by atoms with Crippen LogP contribution in [0.15, 0.2) is 18.2 Å². The molecule has 0 saturated carbocycles. The Morgan fingerprint density at radius 3 is 2.12 bits per heavy atom. The van der Waals surface area contributed by atoms with Crippen molar-refractivity contribution >= 4 is 23.5 Å². The van der Waals surface area contributed by atoms with Crippen LogP contribution in [0.25, 0.3) is 0 Å². The monoisotopic (exact) mass is 256 g/mol. The summed E-state index contributed by atoms with van der Waals surface area (Å²) in [6.07, 6.45) is 0.470. The molecule has 0 aliphatic heterocycles. The number of rotatable bonds is 4. The van der Waals surface area contributed by atoms with E-state index < -0.39 is 11.9 Å². The molecule has 1 aromatic carbocycles. The minimum atomic E-state index is -0.416. The largest absolute Gasteiger partial charge is 0.423 e. The van der Waals surface area contributed by atoms with Crippen LogP contribution in [0.4, 0.5) is 0 Å². The van der Waals surface area contributed by atoms with Crippen LogP contribution in [-0.4, -0.2) is 11.9 Å². The molecule has 5 heteroatoms. The molecule has 0 N–H and O–H groups in total. The standard InChI is InChI=1S/C12H13ClO4/c1-3-11(14)16-9-6-5-8(13)7-10(9)17-12(15)4-2/h5-7H,3-4H2,1-2H3. The van der Waals surface area contributed by atoms with Gasteiger partial charge in [-0.05, 0) is 12.1 Å². The molecule has 0 unspecified atom stereocenters. The molecule has 0 bridgehead atoms. The van der Waals surface area contributed by atoms with E-state index in [1.807, 2.05) is 0 Å². The van der Waals surface area contributed by atoms with Crippen molar-refractivity contribution in [2.45, 2.75) is 26.7 Å². The van der Waals surface area contributed by atoms with Gasteiger partial charge in [0.2, 0.25) is 0 Å². The number of hydrogen-bond acceptors (Lipinski definition) is 4. The summed E-state index contributed by atoms with van der Waals surface area (Å²) in [6.45, 7) is 3.35. The molecule has 0 spiro atoms. The van der Waals surface area contributed by atoms with Crippen molar-refractivity contribution in [3.8, 4) is 11.5 Å². The van der Waals surface area contributed by atoms with Gasteiger partial charge in [0.15, 0.2) is 11.5 Å². The molecule has 0 aliphatic rings. The Morgan fingerprint density at radius 2 is 1.59 bits per heavy atom. The predicted molar refractivity (Wildman–Crippen MR) is 63.3 cm³/mol. The van der Waals surface area contributed by atoms with Gasteiger partial charge in [-0.15, -0.1) is 0 Å². The van der Waals surface area contributed by atoms with Crippen molar-refractivity contribution in [2.24, 2.45) is 0 Å². The zero-order chi connectivity index (χ0) is 12.8. The molecule has 92 valence electrons. The first-order valence-corrected chi connectivity index (χ1v) is 5.65. The quantitative estimate of drug-likeness (QED) is 0.614. The normalized spacial score (nSPS) is 9.82. The smallest absolute Gasteiger partial charge is 0.311 e. The summed E-state index contributed by atoms with van der Waals surface area (Å²) in [5.74, 6) is -0.462. The number of esters is 2. The van der Waals surface area contributed by atoms with Gasteiger partial charge in [0.05, 0.1) is 0 Å². The molecular formula is C12H13ClO4. The first kappa shape index (κ1) is 13.5. The first-order valence-electron chi connectivity index (χ1n) is 5.27. The molecule has 0 amide bonds. The van der Waals surface area contributed by atoms with Gasteiger partial charge < -0.3 is 9.47 Å². The zero-order valence-corrected chi connectivity index (χ0v) is 10.4. The number of ether oxygens (including phenoxy) is 2. The van der Waals surface area contributed by atoms with E-state index in [9.17, 15) is 9.59 Å². The van der Waals surface area contributed by atoms with Crippen molar-refractivity contribution in [1.82, 2.24) is 0 Å². The van der Waals surface area contributed by atoms with E-state index in [4.69, 9.17) is 21.1 Å². The van der Waals surface area contributed by atoms with E-state index in [-0.39, 0.29) is 24.3 Å². The fourth-order valence-electron chi connectivity index (χ4n) is 1.04. The van der Waals surface area contributed by atoms with E-state index in [2.05, 4.69) is 0 Å². The highest BCUT2D eigenvalue weighted by Crippen LogP contribution is 2.31. The Bertz CT molecular complexity index is 429. The van der Waals surface area contributed by atoms with Gasteiger partial charge in [-0.1, -0.05) is 25.4 Å². The van der Waals surface area contributed by atoms with Crippen LogP contribution in [0.5, 0.6) is 11.5 Å². The van der Waals surface area contributed by atoms with Gasteiger partial charge in [0.1, 0.15) is 0 Å². The van der Waals surface area contributed by atoms with Crippen LogP contribution in [-0.2, 0) is 9.59 Å². The summed E-state index contributed by atoms with van der Waals surface area (Å²) < 4.78 is 10.0. The molecule has 17 heavy (non-hydrogen) atoms. The molecule has 0 atom stereocenters. The molecule has 4 nitrogen and oxygen atoms in total. The molecule has 0 fully saturated rings. The maximum atomic E-state index is 11.2. The van der Waals surface area contributed by atoms with Gasteiger partial charge in [0.25, 0.3) is 0 Å². The Morgan fingerprint density at radius 1 is 1.06 bits per heavy atom. The van der Waals surface area contributed by atoms with Crippen LogP contribution in [0.2, 0.25) is 5.02 Å². The lowest BCUT2D eigenvalue weighted by Gasteiger charge is -2.09. The minimum absolute atomic E-state index is 0.158. The van der Waals surface area contributed by atoms with Gasteiger partial charge in [-0.2, -0.15) is 0 Å². The average Bonchev–Trinajstić information content (AvgIpc) is 2.32. The Balaban J connectivity index is 2.95. The lowest BCUT2D eigenvalue weighted by molar-refractivity contribution is -0.136. The minimum Gasteiger partial charge on any atom is -0.423 e. The molecule has 0 saturated heterocycles. The Labute approximate surface area is 104 Å². The third kappa shape index (κ3) is 4.07. The highest BCUT2D eigenvalue weighted by Gasteiger charge is 2.12. The van der Waals surface area contributed by atoms with Gasteiger partial charge >= 0.3 is 11.9 Å². The summed E-state index contributed by atoms with van der Waals surface area (Å²) in [5.41, 5.74) is 0. The predicted octanol–water partition coefficient (Wildman–Crippen LogP) is 2.97. The third-order valence-electron chi connectivity index (χ3n) is 1.93. The Hall–Kier alpha value is -1.55. The molecule has 1 rings (SSSR count). The lowest BCUT2D eigenvalue weighted by atomic mass is 10.3. The van der Waals surface area contributed by atoms with E-state index in [1.54, 1.807) is 19.9 Å². The number of carbonyl (C=O) groups is 2. The highest BCUT2D eigenvalue weighted by molar-refractivity contribution is 6.30. The third-order valence-corrected chi connectivity index (χ3v) is 2.17. The molecular weight excluding hydrogens is 244 g/mol. The fourth-order valence-corrected chi connectivity index (χ4v) is 1.20. The van der Waals surface area contributed by atoms with Crippen molar-refractivity contribution in [2.75, 3.05) is 0 Å². The van der Waals surface area contributed by atoms with E-state index in [0.29, 0.717) is 5.02 Å². The van der Waals surface area contributed by atoms with Gasteiger partial charge in [-0.3, -0.25) is 9.59 Å². The Kier molecular flexibility index (Phi) is 4.97. The molecule has 0 radical (unpaired) electrons. The highest BCUT2D eigenvalue weighted by atomic mass is 35.5. The van der Waals surface area contributed by atoms with Crippen LogP contribution in [0, 0.1) is 0 Å². The maximum absolute atomic E-state index is 11.2. The average molecular weight is 257 g/mol. The topological polar surface area (TPSA) is 52.6 Å². The molecule has 0 heterocycles. The molecule has 0 aliphatic carbocycles. The van der Waals surface area contributed by atoms with Crippen molar-refractivity contribution in [1.29, 1.82) is 0 Å². The van der Waals surface area contributed by atoms with Gasteiger partial charge in [-0.25, -0.2) is 0 Å². The van der Waals surface area contributed by atoms with Crippen LogP contribution in [0.1, 0.15) is 26.7 Å². The summed E-state index contributed by atoms with van der Waals surface area (Å²) in [5, 5.41) is 0.403. The number of benzene rings is 1. The van der Waals surface area contributed by atoms with Crippen LogP contribution >= 0.6 is 11.6 Å². The number of halogens is 1. The maximum Gasteiger partial charge on any atom is 0.311 e. The fraction of sp³-hybridized carbons (Fsp3) is 0.333. The van der Waals surface area contributed by atoms with Crippen molar-refractivity contribution < 1.29 is 19.1 Å². The SMILES string of the molecule is CCC(=O)Oc1ccc(Cl)cc1OC(=O)CC. The van der Waals surface area contributed by atoms with Crippen molar-refractivity contribution in [3.05, 3.63) is 23.2 Å². The summed E-state index contributed by atoms with van der Waals surface area (Å²) in [6, 6.07) is 4.49. The van der Waals surface area contributed by atoms with Crippen molar-refractivity contribution in [3.63, 3.8) is 0 Å². The summed E-state index contributed by atoms with van der Waals surface area (Å²) >= 11 is 5.78. The van der Waals surface area contributed by atoms with E-state index >= 15 is 0 Å². The van der Waals surface area contributed by atoms with Crippen LogP contribution < -0.4 is 9.47 Å². The second-order valence-electron chi connectivity index (χ2n) is 3.25. The van der Waals surface area contributed by atoms with Gasteiger partial charge in [0, 0.05) is 23.9 Å². The second kappa shape index (κ2) is 6.25. The molecule has 0 aromatic heterocycles. The summed E-state index contributed by atoms with van der Waals surface area (Å²) in [4.78, 5) is 22.4. The van der Waals surface area contributed by atoms with E-state index in [0.717, 1.165) is 0 Å².